The van der Waals surface area contributed by atoms with E-state index in [0.29, 0.717) is 22.4 Å². The van der Waals surface area contributed by atoms with E-state index in [1.54, 1.807) is 13.3 Å². The average Bonchev–Trinajstić information content (AvgIpc) is 2.79. The molecule has 0 bridgehead atoms. The van der Waals surface area contributed by atoms with Gasteiger partial charge in [-0.3, -0.25) is 4.79 Å². The van der Waals surface area contributed by atoms with E-state index in [9.17, 15) is 4.79 Å². The Labute approximate surface area is 122 Å². The largest absolute Gasteiger partial charge is 0.301 e. The lowest BCUT2D eigenvalue weighted by Crippen LogP contribution is -2.14. The first-order valence-corrected chi connectivity index (χ1v) is 7.53. The zero-order valence-electron chi connectivity index (χ0n) is 12.2. The summed E-state index contributed by atoms with van der Waals surface area (Å²) in [6.45, 7) is 8.74. The van der Waals surface area contributed by atoms with E-state index in [1.807, 2.05) is 11.6 Å². The van der Waals surface area contributed by atoms with Crippen LogP contribution in [0.2, 0.25) is 0 Å². The number of nitrogens with one attached hydrogen (secondary N) is 1. The van der Waals surface area contributed by atoms with Crippen LogP contribution in [0.1, 0.15) is 30.9 Å². The average molecular weight is 293 g/mol. The molecule has 1 N–H and O–H groups in total. The standard InChI is InChI=1S/C13H19N5OS/c1-8(2)5-18-11(14-7-15-18)6-20-13-16-10(4)9(3)12(19)17-13/h7-8H,5-6H2,1-4H3,(H,16,17,19). The van der Waals surface area contributed by atoms with Crippen LogP contribution in [-0.4, -0.2) is 24.7 Å². The number of nitrogens with zero attached hydrogens (tertiary/aromatic N) is 4. The van der Waals surface area contributed by atoms with Crippen LogP contribution in [0, 0.1) is 19.8 Å². The van der Waals surface area contributed by atoms with Crippen LogP contribution < -0.4 is 5.56 Å². The highest BCUT2D eigenvalue weighted by atomic mass is 32.2. The van der Waals surface area contributed by atoms with Crippen molar-refractivity contribution in [3.8, 4) is 0 Å². The van der Waals surface area contributed by atoms with Crippen molar-refractivity contribution in [3.63, 3.8) is 0 Å². The van der Waals surface area contributed by atoms with Crippen molar-refractivity contribution in [1.29, 1.82) is 0 Å². The van der Waals surface area contributed by atoms with Gasteiger partial charge in [-0.1, -0.05) is 25.6 Å². The second kappa shape index (κ2) is 6.21. The van der Waals surface area contributed by atoms with Gasteiger partial charge in [-0.25, -0.2) is 14.6 Å². The Morgan fingerprint density at radius 3 is 2.80 bits per heavy atom. The molecule has 2 heterocycles. The zero-order valence-corrected chi connectivity index (χ0v) is 13.0. The molecule has 0 spiro atoms. The van der Waals surface area contributed by atoms with Crippen molar-refractivity contribution in [3.05, 3.63) is 33.8 Å². The van der Waals surface area contributed by atoms with Gasteiger partial charge in [0.15, 0.2) is 5.16 Å². The molecule has 0 amide bonds. The molecule has 0 aliphatic carbocycles. The van der Waals surface area contributed by atoms with E-state index in [1.165, 1.54) is 11.8 Å². The number of aromatic nitrogens is 5. The summed E-state index contributed by atoms with van der Waals surface area (Å²) in [6.07, 6.45) is 1.56. The number of hydrogen-bond acceptors (Lipinski definition) is 5. The van der Waals surface area contributed by atoms with Gasteiger partial charge in [0.05, 0.1) is 5.75 Å². The highest BCUT2D eigenvalue weighted by molar-refractivity contribution is 7.98. The first-order valence-electron chi connectivity index (χ1n) is 6.54. The van der Waals surface area contributed by atoms with Gasteiger partial charge in [-0.15, -0.1) is 0 Å². The maximum absolute atomic E-state index is 11.7. The molecule has 0 saturated carbocycles. The molecule has 20 heavy (non-hydrogen) atoms. The fourth-order valence-corrected chi connectivity index (χ4v) is 2.57. The quantitative estimate of drug-likeness (QED) is 0.673. The van der Waals surface area contributed by atoms with Crippen molar-refractivity contribution in [2.75, 3.05) is 0 Å². The third-order valence-corrected chi connectivity index (χ3v) is 3.81. The molecule has 0 aliphatic rings. The van der Waals surface area contributed by atoms with Crippen molar-refractivity contribution in [1.82, 2.24) is 24.7 Å². The van der Waals surface area contributed by atoms with E-state index in [-0.39, 0.29) is 5.56 Å². The monoisotopic (exact) mass is 293 g/mol. The Kier molecular flexibility index (Phi) is 4.59. The molecule has 6 nitrogen and oxygen atoms in total. The number of H-pyrrole nitrogens is 1. The third-order valence-electron chi connectivity index (χ3n) is 2.94. The SMILES string of the molecule is Cc1nc(SCc2ncnn2CC(C)C)[nH]c(=O)c1C. The van der Waals surface area contributed by atoms with Gasteiger partial charge in [0.25, 0.3) is 5.56 Å². The number of hydrogen-bond donors (Lipinski definition) is 1. The summed E-state index contributed by atoms with van der Waals surface area (Å²) >= 11 is 1.47. The molecule has 2 rings (SSSR count). The van der Waals surface area contributed by atoms with Crippen molar-refractivity contribution < 1.29 is 0 Å². The topological polar surface area (TPSA) is 76.5 Å². The minimum atomic E-state index is -0.0800. The summed E-state index contributed by atoms with van der Waals surface area (Å²) < 4.78 is 1.90. The Hall–Kier alpha value is -1.63. The minimum absolute atomic E-state index is 0.0800. The van der Waals surface area contributed by atoms with Gasteiger partial charge < -0.3 is 4.98 Å². The van der Waals surface area contributed by atoms with Gasteiger partial charge in [0.2, 0.25) is 0 Å². The van der Waals surface area contributed by atoms with Crippen LogP contribution in [0.4, 0.5) is 0 Å². The minimum Gasteiger partial charge on any atom is -0.301 e. The molecule has 7 heteroatoms. The summed E-state index contributed by atoms with van der Waals surface area (Å²) in [6, 6.07) is 0. The van der Waals surface area contributed by atoms with E-state index in [2.05, 4.69) is 33.9 Å². The summed E-state index contributed by atoms with van der Waals surface area (Å²) in [4.78, 5) is 23.1. The van der Waals surface area contributed by atoms with E-state index in [0.717, 1.165) is 18.1 Å². The van der Waals surface area contributed by atoms with E-state index >= 15 is 0 Å². The molecule has 2 aromatic heterocycles. The van der Waals surface area contributed by atoms with Gasteiger partial charge in [-0.2, -0.15) is 5.10 Å². The number of aryl methyl sites for hydroxylation is 1. The van der Waals surface area contributed by atoms with E-state index in [4.69, 9.17) is 0 Å². The molecule has 0 aliphatic heterocycles. The molecular weight excluding hydrogens is 274 g/mol. The smallest absolute Gasteiger partial charge is 0.254 e. The zero-order chi connectivity index (χ0) is 14.7. The third kappa shape index (κ3) is 3.47. The molecule has 0 atom stereocenters. The molecular formula is C13H19N5OS. The molecule has 0 radical (unpaired) electrons. The number of thioether (sulfide) groups is 1. The van der Waals surface area contributed by atoms with Gasteiger partial charge in [0, 0.05) is 17.8 Å². The predicted molar refractivity (Wildman–Crippen MR) is 78.8 cm³/mol. The number of rotatable bonds is 5. The molecule has 0 fully saturated rings. The Balaban J connectivity index is 2.09. The molecule has 108 valence electrons. The lowest BCUT2D eigenvalue weighted by Gasteiger charge is -2.08. The van der Waals surface area contributed by atoms with Crippen molar-refractivity contribution in [2.24, 2.45) is 5.92 Å². The van der Waals surface area contributed by atoms with Crippen LogP contribution in [0.25, 0.3) is 0 Å². The van der Waals surface area contributed by atoms with Crippen molar-refractivity contribution in [2.45, 2.75) is 45.1 Å². The second-order valence-electron chi connectivity index (χ2n) is 5.12. The Bertz CT molecular complexity index is 646. The predicted octanol–water partition coefficient (Wildman–Crippen LogP) is 1.93. The highest BCUT2D eigenvalue weighted by Crippen LogP contribution is 2.17. The number of aromatic amines is 1. The molecule has 0 saturated heterocycles. The summed E-state index contributed by atoms with van der Waals surface area (Å²) in [5, 5.41) is 4.84. The normalized spacial score (nSPS) is 11.2. The van der Waals surface area contributed by atoms with E-state index < -0.39 is 0 Å². The first kappa shape index (κ1) is 14.8. The van der Waals surface area contributed by atoms with Crippen LogP contribution in [0.15, 0.2) is 16.3 Å². The molecule has 0 aromatic carbocycles. The summed E-state index contributed by atoms with van der Waals surface area (Å²) in [5.41, 5.74) is 1.35. The molecule has 0 unspecified atom stereocenters. The highest BCUT2D eigenvalue weighted by Gasteiger charge is 2.09. The Morgan fingerprint density at radius 2 is 2.15 bits per heavy atom. The Morgan fingerprint density at radius 1 is 1.40 bits per heavy atom. The van der Waals surface area contributed by atoms with Crippen LogP contribution in [0.3, 0.4) is 0 Å². The van der Waals surface area contributed by atoms with Crippen LogP contribution in [-0.2, 0) is 12.3 Å². The van der Waals surface area contributed by atoms with Crippen molar-refractivity contribution >= 4 is 11.8 Å². The fraction of sp³-hybridized carbons (Fsp3) is 0.538. The first-order chi connectivity index (χ1) is 9.47. The lowest BCUT2D eigenvalue weighted by molar-refractivity contribution is 0.471. The summed E-state index contributed by atoms with van der Waals surface area (Å²) in [5.74, 6) is 2.04. The molecule has 2 aromatic rings. The van der Waals surface area contributed by atoms with Crippen LogP contribution >= 0.6 is 11.8 Å². The lowest BCUT2D eigenvalue weighted by atomic mass is 10.2. The second-order valence-corrected chi connectivity index (χ2v) is 6.09. The van der Waals surface area contributed by atoms with Gasteiger partial charge >= 0.3 is 0 Å². The summed E-state index contributed by atoms with van der Waals surface area (Å²) in [7, 11) is 0. The van der Waals surface area contributed by atoms with Gasteiger partial charge in [-0.05, 0) is 19.8 Å². The maximum atomic E-state index is 11.7. The van der Waals surface area contributed by atoms with Crippen LogP contribution in [0.5, 0.6) is 0 Å². The fourth-order valence-electron chi connectivity index (χ4n) is 1.72. The van der Waals surface area contributed by atoms with Gasteiger partial charge in [0.1, 0.15) is 12.2 Å². The maximum Gasteiger partial charge on any atom is 0.254 e.